The van der Waals surface area contributed by atoms with E-state index < -0.39 is 0 Å². The van der Waals surface area contributed by atoms with Gasteiger partial charge in [-0.1, -0.05) is 15.9 Å². The van der Waals surface area contributed by atoms with Gasteiger partial charge in [-0.3, -0.25) is 4.79 Å². The summed E-state index contributed by atoms with van der Waals surface area (Å²) in [5.41, 5.74) is 4.66. The van der Waals surface area contributed by atoms with Gasteiger partial charge in [0.2, 0.25) is 0 Å². The van der Waals surface area contributed by atoms with E-state index in [0.717, 1.165) is 32.8 Å². The van der Waals surface area contributed by atoms with E-state index in [-0.39, 0.29) is 5.78 Å². The van der Waals surface area contributed by atoms with Gasteiger partial charge in [-0.15, -0.1) is 11.3 Å². The minimum Gasteiger partial charge on any atom is -0.493 e. The number of carbonyl (C=O) groups excluding carboxylic acids is 1. The molecule has 0 radical (unpaired) electrons. The molecule has 0 atom stereocenters. The van der Waals surface area contributed by atoms with Crippen molar-refractivity contribution < 1.29 is 9.53 Å². The molecule has 19 heavy (non-hydrogen) atoms. The number of rotatable bonds is 3. The summed E-state index contributed by atoms with van der Waals surface area (Å²) in [5.74, 6) is 0.995. The van der Waals surface area contributed by atoms with E-state index in [0.29, 0.717) is 13.0 Å². The lowest BCUT2D eigenvalue weighted by atomic mass is 10.0. The van der Waals surface area contributed by atoms with Gasteiger partial charge in [0.1, 0.15) is 5.75 Å². The lowest BCUT2D eigenvalue weighted by Crippen LogP contribution is -2.04. The Balaban J connectivity index is 1.92. The first-order valence-corrected chi connectivity index (χ1v) is 7.70. The van der Waals surface area contributed by atoms with Crippen molar-refractivity contribution in [2.75, 3.05) is 6.61 Å². The van der Waals surface area contributed by atoms with Crippen LogP contribution in [0.2, 0.25) is 0 Å². The average Bonchev–Trinajstić information content (AvgIpc) is 2.97. The fraction of sp³-hybridized carbons (Fsp3) is 0.286. The summed E-state index contributed by atoms with van der Waals surface area (Å²) < 4.78 is 6.65. The molecule has 1 aromatic carbocycles. The van der Waals surface area contributed by atoms with E-state index in [2.05, 4.69) is 27.0 Å². The maximum Gasteiger partial charge on any atom is 0.179 e. The van der Waals surface area contributed by atoms with Crippen molar-refractivity contribution in [3.8, 4) is 5.75 Å². The third kappa shape index (κ3) is 2.44. The molecule has 0 bridgehead atoms. The minimum atomic E-state index is 0.107. The Bertz CT molecular complexity index is 651. The van der Waals surface area contributed by atoms with Crippen LogP contribution in [0.4, 0.5) is 0 Å². The molecule has 0 fully saturated rings. The maximum absolute atomic E-state index is 12.3. The number of fused-ring (bicyclic) bond motifs is 1. The summed E-state index contributed by atoms with van der Waals surface area (Å²) >= 11 is 4.89. The number of halogens is 1. The number of ketones is 1. The van der Waals surface area contributed by atoms with Crippen molar-refractivity contribution in [3.05, 3.63) is 43.8 Å². The van der Waals surface area contributed by atoms with Crippen molar-refractivity contribution in [3.63, 3.8) is 0 Å². The Morgan fingerprint density at radius 2 is 2.37 bits per heavy atom. The predicted octanol–water partition coefficient (Wildman–Crippen LogP) is 3.57. The van der Waals surface area contributed by atoms with E-state index >= 15 is 0 Å². The Labute approximate surface area is 123 Å². The molecule has 1 aliphatic rings. The van der Waals surface area contributed by atoms with Crippen LogP contribution in [0.3, 0.4) is 0 Å². The highest BCUT2D eigenvalue weighted by Gasteiger charge is 2.21. The second-order valence-electron chi connectivity index (χ2n) is 4.52. The van der Waals surface area contributed by atoms with E-state index in [1.54, 1.807) is 5.51 Å². The number of ether oxygens (including phenoxy) is 1. The fourth-order valence-electron chi connectivity index (χ4n) is 2.30. The number of hydrogen-bond donors (Lipinski definition) is 0. The SMILES string of the molecule is Cc1ncsc1C(=O)Cc1cc(Br)cc2c1OCC2. The maximum atomic E-state index is 12.3. The number of aryl methyl sites for hydroxylation is 1. The molecule has 1 aromatic heterocycles. The number of carbonyl (C=O) groups is 1. The number of aromatic nitrogens is 1. The zero-order valence-corrected chi connectivity index (χ0v) is 12.8. The van der Waals surface area contributed by atoms with Crippen LogP contribution in [0.5, 0.6) is 5.75 Å². The van der Waals surface area contributed by atoms with Crippen molar-refractivity contribution in [1.82, 2.24) is 4.98 Å². The van der Waals surface area contributed by atoms with Gasteiger partial charge in [0.15, 0.2) is 5.78 Å². The number of nitrogens with zero attached hydrogens (tertiary/aromatic N) is 1. The Kier molecular flexibility index (Phi) is 3.41. The molecular formula is C14H12BrNO2S. The number of hydrogen-bond acceptors (Lipinski definition) is 4. The molecule has 0 unspecified atom stereocenters. The molecule has 0 aliphatic carbocycles. The van der Waals surface area contributed by atoms with Crippen LogP contribution in [-0.2, 0) is 12.8 Å². The molecule has 3 nitrogen and oxygen atoms in total. The van der Waals surface area contributed by atoms with E-state index in [4.69, 9.17) is 4.74 Å². The van der Waals surface area contributed by atoms with Crippen LogP contribution >= 0.6 is 27.3 Å². The van der Waals surface area contributed by atoms with Gasteiger partial charge in [-0.05, 0) is 24.6 Å². The van der Waals surface area contributed by atoms with Crippen LogP contribution in [0.25, 0.3) is 0 Å². The molecule has 98 valence electrons. The summed E-state index contributed by atoms with van der Waals surface area (Å²) in [4.78, 5) is 17.2. The second-order valence-corrected chi connectivity index (χ2v) is 6.29. The molecular weight excluding hydrogens is 326 g/mol. The Morgan fingerprint density at radius 3 is 3.11 bits per heavy atom. The summed E-state index contributed by atoms with van der Waals surface area (Å²) in [6, 6.07) is 4.03. The average molecular weight is 338 g/mol. The van der Waals surface area contributed by atoms with E-state index in [9.17, 15) is 4.79 Å². The smallest absolute Gasteiger partial charge is 0.179 e. The highest BCUT2D eigenvalue weighted by molar-refractivity contribution is 9.10. The molecule has 0 spiro atoms. The van der Waals surface area contributed by atoms with Crippen molar-refractivity contribution in [2.24, 2.45) is 0 Å². The molecule has 0 saturated carbocycles. The van der Waals surface area contributed by atoms with Crippen LogP contribution in [0.15, 0.2) is 22.1 Å². The van der Waals surface area contributed by atoms with Crippen molar-refractivity contribution >= 4 is 33.0 Å². The van der Waals surface area contributed by atoms with Gasteiger partial charge in [0, 0.05) is 22.9 Å². The minimum absolute atomic E-state index is 0.107. The molecule has 0 amide bonds. The molecule has 2 heterocycles. The summed E-state index contributed by atoms with van der Waals surface area (Å²) in [7, 11) is 0. The largest absolute Gasteiger partial charge is 0.493 e. The van der Waals surface area contributed by atoms with Crippen LogP contribution < -0.4 is 4.74 Å². The van der Waals surface area contributed by atoms with Gasteiger partial charge in [0.05, 0.1) is 22.7 Å². The van der Waals surface area contributed by atoms with Gasteiger partial charge in [-0.25, -0.2) is 4.98 Å². The lowest BCUT2D eigenvalue weighted by molar-refractivity contribution is 0.0995. The second kappa shape index (κ2) is 5.06. The van der Waals surface area contributed by atoms with Gasteiger partial charge in [0.25, 0.3) is 0 Å². The van der Waals surface area contributed by atoms with Crippen molar-refractivity contribution in [1.29, 1.82) is 0 Å². The number of Topliss-reactive ketones (excluding diaryl/α,β-unsaturated/α-hetero) is 1. The molecule has 1 aliphatic heterocycles. The monoisotopic (exact) mass is 337 g/mol. The first-order valence-electron chi connectivity index (χ1n) is 6.02. The highest BCUT2D eigenvalue weighted by Crippen LogP contribution is 2.34. The Morgan fingerprint density at radius 1 is 1.53 bits per heavy atom. The molecule has 3 rings (SSSR count). The first-order chi connectivity index (χ1) is 9.15. The van der Waals surface area contributed by atoms with Crippen LogP contribution in [-0.4, -0.2) is 17.4 Å². The van der Waals surface area contributed by atoms with Gasteiger partial charge >= 0.3 is 0 Å². The summed E-state index contributed by atoms with van der Waals surface area (Å²) in [6.45, 7) is 2.57. The zero-order chi connectivity index (χ0) is 13.4. The zero-order valence-electron chi connectivity index (χ0n) is 10.4. The summed E-state index contributed by atoms with van der Waals surface area (Å²) in [5, 5.41) is 0. The van der Waals surface area contributed by atoms with Crippen LogP contribution in [0.1, 0.15) is 26.5 Å². The number of thiazole rings is 1. The van der Waals surface area contributed by atoms with Gasteiger partial charge in [-0.2, -0.15) is 0 Å². The first kappa shape index (κ1) is 12.8. The third-order valence-corrected chi connectivity index (χ3v) is 4.60. The highest BCUT2D eigenvalue weighted by atomic mass is 79.9. The normalized spacial score (nSPS) is 13.2. The Hall–Kier alpha value is -1.20. The molecule has 2 aromatic rings. The summed E-state index contributed by atoms with van der Waals surface area (Å²) in [6.07, 6.45) is 1.28. The number of benzene rings is 1. The quantitative estimate of drug-likeness (QED) is 0.803. The molecule has 0 saturated heterocycles. The third-order valence-electron chi connectivity index (χ3n) is 3.18. The fourth-order valence-corrected chi connectivity index (χ4v) is 3.60. The molecule has 5 heteroatoms. The topological polar surface area (TPSA) is 39.2 Å². The standard InChI is InChI=1S/C14H12BrNO2S/c1-8-14(19-7-16-8)12(17)6-10-5-11(15)4-9-2-3-18-13(9)10/h4-5,7H,2-3,6H2,1H3. The van der Waals surface area contributed by atoms with Gasteiger partial charge < -0.3 is 4.74 Å². The lowest BCUT2D eigenvalue weighted by Gasteiger charge is -2.08. The molecule has 0 N–H and O–H groups in total. The van der Waals surface area contributed by atoms with Crippen molar-refractivity contribution in [2.45, 2.75) is 19.8 Å². The predicted molar refractivity (Wildman–Crippen MR) is 78.2 cm³/mol. The van der Waals surface area contributed by atoms with E-state index in [1.807, 2.05) is 13.0 Å². The van der Waals surface area contributed by atoms with Crippen LogP contribution in [0, 0.1) is 6.92 Å². The van der Waals surface area contributed by atoms with E-state index in [1.165, 1.54) is 16.9 Å².